The summed E-state index contributed by atoms with van der Waals surface area (Å²) in [4.78, 5) is 0. The second-order valence-electron chi connectivity index (χ2n) is 4.23. The molecule has 1 N–H and O–H groups in total. The van der Waals surface area contributed by atoms with E-state index in [4.69, 9.17) is 4.74 Å². The molecule has 1 fully saturated rings. The quantitative estimate of drug-likeness (QED) is 0.782. The van der Waals surface area contributed by atoms with Crippen LogP contribution in [-0.4, -0.2) is 18.7 Å². The minimum Gasteiger partial charge on any atom is -0.488 e. The molecule has 0 unspecified atom stereocenters. The summed E-state index contributed by atoms with van der Waals surface area (Å²) in [6, 6.07) is 9.12. The minimum atomic E-state index is 0.355. The predicted octanol–water partition coefficient (Wildman–Crippen LogP) is 1.74. The first-order chi connectivity index (χ1) is 6.92. The third-order valence-corrected chi connectivity index (χ3v) is 2.93. The molecule has 2 heteroatoms. The van der Waals surface area contributed by atoms with Gasteiger partial charge in [0.1, 0.15) is 11.9 Å². The van der Waals surface area contributed by atoms with Crippen LogP contribution in [0.4, 0.5) is 0 Å². The summed E-state index contributed by atoms with van der Waals surface area (Å²) in [6.45, 7) is 0.999. The van der Waals surface area contributed by atoms with Crippen molar-refractivity contribution in [2.24, 2.45) is 0 Å². The number of ether oxygens (including phenoxy) is 1. The third-order valence-electron chi connectivity index (χ3n) is 2.93. The van der Waals surface area contributed by atoms with Gasteiger partial charge in [0.25, 0.3) is 0 Å². The highest BCUT2D eigenvalue weighted by molar-refractivity contribution is 5.37. The molecule has 1 aromatic carbocycles. The van der Waals surface area contributed by atoms with Gasteiger partial charge in [-0.15, -0.1) is 0 Å². The molecule has 1 saturated carbocycles. The lowest BCUT2D eigenvalue weighted by molar-refractivity contribution is 0.227. The second kappa shape index (κ2) is 3.28. The van der Waals surface area contributed by atoms with Crippen molar-refractivity contribution in [1.82, 2.24) is 5.32 Å². The Hall–Kier alpha value is -1.02. The Morgan fingerprint density at radius 1 is 1.29 bits per heavy atom. The maximum absolute atomic E-state index is 5.82. The van der Waals surface area contributed by atoms with Crippen LogP contribution in [0.1, 0.15) is 18.4 Å². The van der Waals surface area contributed by atoms with Crippen LogP contribution in [0.2, 0.25) is 0 Å². The molecule has 1 aliphatic carbocycles. The highest BCUT2D eigenvalue weighted by atomic mass is 16.5. The summed E-state index contributed by atoms with van der Waals surface area (Å²) in [5.41, 5.74) is 1.36. The lowest BCUT2D eigenvalue weighted by atomic mass is 10.1. The van der Waals surface area contributed by atoms with Gasteiger partial charge in [0.15, 0.2) is 0 Å². The normalized spacial score (nSPS) is 24.4. The van der Waals surface area contributed by atoms with E-state index >= 15 is 0 Å². The number of benzene rings is 1. The van der Waals surface area contributed by atoms with Gasteiger partial charge >= 0.3 is 0 Å². The Labute approximate surface area is 84.3 Å². The van der Waals surface area contributed by atoms with Crippen LogP contribution in [0.3, 0.4) is 0 Å². The third kappa shape index (κ3) is 1.62. The molecule has 1 aliphatic heterocycles. The second-order valence-corrected chi connectivity index (χ2v) is 4.23. The van der Waals surface area contributed by atoms with Gasteiger partial charge in [-0.3, -0.25) is 0 Å². The zero-order valence-electron chi connectivity index (χ0n) is 8.20. The van der Waals surface area contributed by atoms with E-state index in [1.54, 1.807) is 0 Å². The molecule has 2 aliphatic rings. The number of hydrogen-bond acceptors (Lipinski definition) is 2. The molecule has 2 nitrogen and oxygen atoms in total. The topological polar surface area (TPSA) is 21.3 Å². The molecule has 1 atom stereocenters. The highest BCUT2D eigenvalue weighted by Crippen LogP contribution is 2.28. The average molecular weight is 189 g/mol. The Morgan fingerprint density at radius 2 is 2.14 bits per heavy atom. The van der Waals surface area contributed by atoms with Gasteiger partial charge in [-0.2, -0.15) is 0 Å². The molecule has 0 spiro atoms. The van der Waals surface area contributed by atoms with Crippen LogP contribution in [0.5, 0.6) is 5.75 Å². The average Bonchev–Trinajstić information content (AvgIpc) is 2.94. The van der Waals surface area contributed by atoms with E-state index in [1.165, 1.54) is 18.4 Å². The van der Waals surface area contributed by atoms with Crippen LogP contribution in [0.25, 0.3) is 0 Å². The van der Waals surface area contributed by atoms with Gasteiger partial charge in [0.05, 0.1) is 0 Å². The molecule has 1 heterocycles. The maximum atomic E-state index is 5.82. The number of rotatable bonds is 3. The highest BCUT2D eigenvalue weighted by Gasteiger charge is 2.26. The van der Waals surface area contributed by atoms with Crippen molar-refractivity contribution in [3.8, 4) is 5.75 Å². The molecular formula is C12H15NO. The first kappa shape index (κ1) is 8.30. The van der Waals surface area contributed by atoms with Crippen molar-refractivity contribution < 1.29 is 4.74 Å². The fraction of sp³-hybridized carbons (Fsp3) is 0.500. The van der Waals surface area contributed by atoms with Crippen molar-refractivity contribution in [3.05, 3.63) is 29.8 Å². The zero-order valence-corrected chi connectivity index (χ0v) is 8.20. The monoisotopic (exact) mass is 189 g/mol. The van der Waals surface area contributed by atoms with Crippen molar-refractivity contribution >= 4 is 0 Å². The molecule has 0 amide bonds. The van der Waals surface area contributed by atoms with E-state index in [2.05, 4.69) is 23.5 Å². The predicted molar refractivity (Wildman–Crippen MR) is 55.6 cm³/mol. The summed E-state index contributed by atoms with van der Waals surface area (Å²) >= 11 is 0. The minimum absolute atomic E-state index is 0.355. The van der Waals surface area contributed by atoms with Gasteiger partial charge in [-0.05, 0) is 24.5 Å². The molecule has 74 valence electrons. The molecule has 0 bridgehead atoms. The SMILES string of the molecule is c1ccc2c(c1)C[C@H](CNC1CC1)O2. The summed E-state index contributed by atoms with van der Waals surface area (Å²) in [5.74, 6) is 1.08. The molecule has 14 heavy (non-hydrogen) atoms. The number of hydrogen-bond donors (Lipinski definition) is 1. The van der Waals surface area contributed by atoms with Gasteiger partial charge < -0.3 is 10.1 Å². The Morgan fingerprint density at radius 3 is 2.93 bits per heavy atom. The maximum Gasteiger partial charge on any atom is 0.123 e. The molecule has 3 rings (SSSR count). The first-order valence-corrected chi connectivity index (χ1v) is 5.40. The van der Waals surface area contributed by atoms with E-state index < -0.39 is 0 Å². The van der Waals surface area contributed by atoms with Crippen LogP contribution in [-0.2, 0) is 6.42 Å². The van der Waals surface area contributed by atoms with Gasteiger partial charge in [-0.25, -0.2) is 0 Å². The number of fused-ring (bicyclic) bond motifs is 1. The fourth-order valence-electron chi connectivity index (χ4n) is 1.95. The van der Waals surface area contributed by atoms with Crippen LogP contribution < -0.4 is 10.1 Å². The number of nitrogens with one attached hydrogen (secondary N) is 1. The van der Waals surface area contributed by atoms with Gasteiger partial charge in [0, 0.05) is 19.0 Å². The Balaban J connectivity index is 1.60. The smallest absolute Gasteiger partial charge is 0.123 e. The van der Waals surface area contributed by atoms with E-state index in [9.17, 15) is 0 Å². The molecule has 1 aromatic rings. The van der Waals surface area contributed by atoms with E-state index in [-0.39, 0.29) is 0 Å². The van der Waals surface area contributed by atoms with Gasteiger partial charge in [-0.1, -0.05) is 18.2 Å². The molecular weight excluding hydrogens is 174 g/mol. The summed E-state index contributed by atoms with van der Waals surface area (Å²) in [7, 11) is 0. The first-order valence-electron chi connectivity index (χ1n) is 5.40. The fourth-order valence-corrected chi connectivity index (χ4v) is 1.95. The summed E-state index contributed by atoms with van der Waals surface area (Å²) in [6.07, 6.45) is 4.11. The Bertz CT molecular complexity index is 308. The zero-order chi connectivity index (χ0) is 9.38. The van der Waals surface area contributed by atoms with Crippen molar-refractivity contribution in [1.29, 1.82) is 0 Å². The lowest BCUT2D eigenvalue weighted by Crippen LogP contribution is -2.31. The standard InChI is InChI=1S/C12H15NO/c1-2-4-12-9(3-1)7-11(14-12)8-13-10-5-6-10/h1-4,10-11,13H,5-8H2/t11-/m1/s1. The summed E-state index contributed by atoms with van der Waals surface area (Å²) < 4.78 is 5.82. The van der Waals surface area contributed by atoms with E-state index in [0.717, 1.165) is 24.8 Å². The van der Waals surface area contributed by atoms with Crippen molar-refractivity contribution in [3.63, 3.8) is 0 Å². The van der Waals surface area contributed by atoms with Crippen LogP contribution in [0.15, 0.2) is 24.3 Å². The van der Waals surface area contributed by atoms with Crippen molar-refractivity contribution in [2.75, 3.05) is 6.54 Å². The van der Waals surface area contributed by atoms with Crippen LogP contribution in [0, 0.1) is 0 Å². The number of para-hydroxylation sites is 1. The van der Waals surface area contributed by atoms with E-state index in [1.807, 2.05) is 6.07 Å². The Kier molecular flexibility index (Phi) is 1.95. The molecule has 0 radical (unpaired) electrons. The van der Waals surface area contributed by atoms with Crippen LogP contribution >= 0.6 is 0 Å². The van der Waals surface area contributed by atoms with Gasteiger partial charge in [0.2, 0.25) is 0 Å². The summed E-state index contributed by atoms with van der Waals surface area (Å²) in [5, 5.41) is 3.51. The molecule has 0 saturated heterocycles. The largest absolute Gasteiger partial charge is 0.488 e. The molecule has 0 aromatic heterocycles. The van der Waals surface area contributed by atoms with Crippen molar-refractivity contribution in [2.45, 2.75) is 31.4 Å². The lowest BCUT2D eigenvalue weighted by Gasteiger charge is -2.10. The van der Waals surface area contributed by atoms with E-state index in [0.29, 0.717) is 6.10 Å².